The second kappa shape index (κ2) is 6.72. The molecule has 0 bridgehead atoms. The standard InChI is InChI=1S/C17H21F3N2O2/c1-22-7-8-24-14(10-22)16(23)21-15(11-5-6-11)12-3-2-4-13(9-12)17(18,19)20/h2-4,9,11,14-15H,5-8,10H2,1H3,(H,21,23)/t14-,15+/m1/s1. The van der Waals surface area contributed by atoms with E-state index in [0.29, 0.717) is 18.7 Å². The Morgan fingerprint density at radius 3 is 2.75 bits per heavy atom. The van der Waals surface area contributed by atoms with Crippen LogP contribution < -0.4 is 5.32 Å². The van der Waals surface area contributed by atoms with E-state index in [4.69, 9.17) is 4.74 Å². The molecule has 1 amide bonds. The van der Waals surface area contributed by atoms with Crippen molar-refractivity contribution in [1.82, 2.24) is 10.2 Å². The molecule has 132 valence electrons. The fraction of sp³-hybridized carbons (Fsp3) is 0.588. The maximum atomic E-state index is 12.9. The van der Waals surface area contributed by atoms with Gasteiger partial charge in [0.15, 0.2) is 0 Å². The zero-order valence-electron chi connectivity index (χ0n) is 13.5. The molecule has 0 radical (unpaired) electrons. The predicted molar refractivity (Wildman–Crippen MR) is 82.3 cm³/mol. The highest BCUT2D eigenvalue weighted by Gasteiger charge is 2.37. The van der Waals surface area contributed by atoms with Crippen LogP contribution in [-0.2, 0) is 15.7 Å². The van der Waals surface area contributed by atoms with Crippen LogP contribution in [0.25, 0.3) is 0 Å². The molecule has 1 aliphatic heterocycles. The number of amides is 1. The van der Waals surface area contributed by atoms with Gasteiger partial charge < -0.3 is 15.0 Å². The second-order valence-electron chi connectivity index (χ2n) is 6.57. The summed E-state index contributed by atoms with van der Waals surface area (Å²) >= 11 is 0. The molecule has 1 aromatic carbocycles. The number of hydrogen-bond donors (Lipinski definition) is 1. The van der Waals surface area contributed by atoms with Gasteiger partial charge in [0.05, 0.1) is 18.2 Å². The number of alkyl halides is 3. The fourth-order valence-electron chi connectivity index (χ4n) is 2.99. The Kier molecular flexibility index (Phi) is 4.83. The van der Waals surface area contributed by atoms with Crippen molar-refractivity contribution in [3.05, 3.63) is 35.4 Å². The Morgan fingerprint density at radius 2 is 2.12 bits per heavy atom. The van der Waals surface area contributed by atoms with Crippen molar-refractivity contribution in [1.29, 1.82) is 0 Å². The molecule has 24 heavy (non-hydrogen) atoms. The van der Waals surface area contributed by atoms with Gasteiger partial charge in [0.25, 0.3) is 5.91 Å². The smallest absolute Gasteiger partial charge is 0.366 e. The van der Waals surface area contributed by atoms with Gasteiger partial charge in [-0.05, 0) is 43.5 Å². The van der Waals surface area contributed by atoms with Crippen LogP contribution in [0.15, 0.2) is 24.3 Å². The van der Waals surface area contributed by atoms with E-state index in [1.165, 1.54) is 6.07 Å². The lowest BCUT2D eigenvalue weighted by molar-refractivity contribution is -0.138. The van der Waals surface area contributed by atoms with E-state index in [1.54, 1.807) is 6.07 Å². The van der Waals surface area contributed by atoms with Crippen molar-refractivity contribution in [3.8, 4) is 0 Å². The van der Waals surface area contributed by atoms with Crippen molar-refractivity contribution in [2.75, 3.05) is 26.7 Å². The third-order valence-corrected chi connectivity index (χ3v) is 4.53. The van der Waals surface area contributed by atoms with Gasteiger partial charge in [0.2, 0.25) is 0 Å². The molecule has 0 aromatic heterocycles. The number of rotatable bonds is 4. The molecule has 0 unspecified atom stereocenters. The zero-order valence-corrected chi connectivity index (χ0v) is 13.5. The molecule has 1 aliphatic carbocycles. The molecule has 7 heteroatoms. The van der Waals surface area contributed by atoms with Crippen LogP contribution >= 0.6 is 0 Å². The number of carbonyl (C=O) groups is 1. The summed E-state index contributed by atoms with van der Waals surface area (Å²) in [7, 11) is 1.91. The zero-order chi connectivity index (χ0) is 17.3. The summed E-state index contributed by atoms with van der Waals surface area (Å²) in [6, 6.07) is 4.83. The number of hydrogen-bond acceptors (Lipinski definition) is 3. The van der Waals surface area contributed by atoms with E-state index in [0.717, 1.165) is 31.5 Å². The van der Waals surface area contributed by atoms with Crippen molar-refractivity contribution in [2.24, 2.45) is 5.92 Å². The topological polar surface area (TPSA) is 41.6 Å². The summed E-state index contributed by atoms with van der Waals surface area (Å²) in [5, 5.41) is 2.91. The molecule has 1 heterocycles. The first kappa shape index (κ1) is 17.2. The Bertz CT molecular complexity index is 602. The highest BCUT2D eigenvalue weighted by atomic mass is 19.4. The fourth-order valence-corrected chi connectivity index (χ4v) is 2.99. The number of benzene rings is 1. The molecule has 2 aliphatic rings. The minimum atomic E-state index is -4.39. The summed E-state index contributed by atoms with van der Waals surface area (Å²) in [5.41, 5.74) is -0.182. The van der Waals surface area contributed by atoms with Crippen molar-refractivity contribution in [3.63, 3.8) is 0 Å². The van der Waals surface area contributed by atoms with E-state index in [-0.39, 0.29) is 11.8 Å². The van der Waals surface area contributed by atoms with Crippen molar-refractivity contribution >= 4 is 5.91 Å². The van der Waals surface area contributed by atoms with Gasteiger partial charge in [-0.2, -0.15) is 13.2 Å². The average Bonchev–Trinajstić information content (AvgIpc) is 3.36. The Labute approximate surface area is 139 Å². The molecule has 1 saturated carbocycles. The van der Waals surface area contributed by atoms with Gasteiger partial charge in [0.1, 0.15) is 6.10 Å². The number of halogens is 3. The van der Waals surface area contributed by atoms with Gasteiger partial charge in [-0.1, -0.05) is 12.1 Å². The summed E-state index contributed by atoms with van der Waals surface area (Å²) < 4.78 is 44.3. The number of ether oxygens (including phenoxy) is 1. The summed E-state index contributed by atoms with van der Waals surface area (Å²) in [6.07, 6.45) is -3.14. The Balaban J connectivity index is 1.75. The average molecular weight is 342 g/mol. The summed E-state index contributed by atoms with van der Waals surface area (Å²) in [5.74, 6) is -0.0605. The lowest BCUT2D eigenvalue weighted by atomic mass is 9.99. The van der Waals surface area contributed by atoms with E-state index in [9.17, 15) is 18.0 Å². The first-order chi connectivity index (χ1) is 11.3. The van der Waals surface area contributed by atoms with E-state index in [1.807, 2.05) is 11.9 Å². The Hall–Kier alpha value is -1.60. The lowest BCUT2D eigenvalue weighted by Gasteiger charge is -2.30. The normalized spacial score (nSPS) is 23.8. The molecule has 3 rings (SSSR count). The van der Waals surface area contributed by atoms with Crippen LogP contribution in [0.4, 0.5) is 13.2 Å². The van der Waals surface area contributed by atoms with Crippen LogP contribution in [-0.4, -0.2) is 43.7 Å². The first-order valence-electron chi connectivity index (χ1n) is 8.12. The minimum Gasteiger partial charge on any atom is -0.366 e. The highest BCUT2D eigenvalue weighted by Crippen LogP contribution is 2.42. The lowest BCUT2D eigenvalue weighted by Crippen LogP contribution is -2.49. The number of nitrogens with one attached hydrogen (secondary N) is 1. The van der Waals surface area contributed by atoms with Gasteiger partial charge >= 0.3 is 6.18 Å². The first-order valence-corrected chi connectivity index (χ1v) is 8.12. The molecule has 0 spiro atoms. The summed E-state index contributed by atoms with van der Waals surface area (Å²) in [4.78, 5) is 14.5. The molecule has 1 aromatic rings. The van der Waals surface area contributed by atoms with E-state index < -0.39 is 23.9 Å². The molecule has 1 saturated heterocycles. The number of nitrogens with zero attached hydrogens (tertiary/aromatic N) is 1. The van der Waals surface area contributed by atoms with E-state index in [2.05, 4.69) is 5.32 Å². The van der Waals surface area contributed by atoms with E-state index >= 15 is 0 Å². The number of carbonyl (C=O) groups excluding carboxylic acids is 1. The predicted octanol–water partition coefficient (Wildman–Crippen LogP) is 2.60. The van der Waals surface area contributed by atoms with Crippen LogP contribution in [0, 0.1) is 5.92 Å². The quantitative estimate of drug-likeness (QED) is 0.915. The van der Waals surface area contributed by atoms with Gasteiger partial charge in [-0.15, -0.1) is 0 Å². The third-order valence-electron chi connectivity index (χ3n) is 4.53. The SMILES string of the molecule is CN1CCO[C@@H](C(=O)N[C@H](c2cccc(C(F)(F)F)c2)C2CC2)C1. The molecule has 2 fully saturated rings. The number of morpholine rings is 1. The monoisotopic (exact) mass is 342 g/mol. The molecular weight excluding hydrogens is 321 g/mol. The molecule has 1 N–H and O–H groups in total. The number of likely N-dealkylation sites (N-methyl/N-ethyl adjacent to an activating group) is 1. The maximum absolute atomic E-state index is 12.9. The van der Waals surface area contributed by atoms with Crippen molar-refractivity contribution < 1.29 is 22.7 Å². The Morgan fingerprint density at radius 1 is 1.38 bits per heavy atom. The van der Waals surface area contributed by atoms with Gasteiger partial charge in [-0.25, -0.2) is 0 Å². The van der Waals surface area contributed by atoms with Crippen LogP contribution in [0.1, 0.15) is 30.0 Å². The van der Waals surface area contributed by atoms with Gasteiger partial charge in [-0.3, -0.25) is 4.79 Å². The maximum Gasteiger partial charge on any atom is 0.416 e. The second-order valence-corrected chi connectivity index (χ2v) is 6.57. The molecule has 4 nitrogen and oxygen atoms in total. The molecular formula is C17H21F3N2O2. The summed E-state index contributed by atoms with van der Waals surface area (Å²) in [6.45, 7) is 1.74. The van der Waals surface area contributed by atoms with Crippen LogP contribution in [0.3, 0.4) is 0 Å². The third kappa shape index (κ3) is 4.08. The minimum absolute atomic E-state index is 0.193. The molecule has 2 atom stereocenters. The van der Waals surface area contributed by atoms with Gasteiger partial charge in [0, 0.05) is 13.1 Å². The largest absolute Gasteiger partial charge is 0.416 e. The van der Waals surface area contributed by atoms with Crippen LogP contribution in [0.2, 0.25) is 0 Å². The highest BCUT2D eigenvalue weighted by molar-refractivity contribution is 5.81. The van der Waals surface area contributed by atoms with Crippen LogP contribution in [0.5, 0.6) is 0 Å². The van der Waals surface area contributed by atoms with Crippen molar-refractivity contribution in [2.45, 2.75) is 31.2 Å².